The van der Waals surface area contributed by atoms with Crippen LogP contribution in [0.5, 0.6) is 0 Å². The predicted octanol–water partition coefficient (Wildman–Crippen LogP) is 2.78. The van der Waals surface area contributed by atoms with Gasteiger partial charge in [-0.05, 0) is 42.9 Å². The molecule has 20 heavy (non-hydrogen) atoms. The van der Waals surface area contributed by atoms with Gasteiger partial charge >= 0.3 is 5.97 Å². The Labute approximate surface area is 123 Å². The van der Waals surface area contributed by atoms with Gasteiger partial charge in [0.25, 0.3) is 0 Å². The topological polar surface area (TPSA) is 78.4 Å². The lowest BCUT2D eigenvalue weighted by atomic mass is 10.2. The number of benzene rings is 1. The van der Waals surface area contributed by atoms with Crippen molar-refractivity contribution in [3.05, 3.63) is 29.8 Å². The van der Waals surface area contributed by atoms with E-state index < -0.39 is 5.97 Å². The summed E-state index contributed by atoms with van der Waals surface area (Å²) in [5.74, 6) is -1.10. The van der Waals surface area contributed by atoms with E-state index in [1.165, 1.54) is 12.1 Å². The van der Waals surface area contributed by atoms with Crippen LogP contribution in [0.2, 0.25) is 0 Å². The molecule has 0 unspecified atom stereocenters. The number of anilines is 1. The standard InChI is InChI=1S/C14H18N2O3S/c1-2-3-4-5-12(17)16-14(20)15-11-8-6-10(7-9-11)13(18)19/h6-9H,2-5H2,1H3,(H,18,19)(H2,15,16,17,20). The van der Waals surface area contributed by atoms with Gasteiger partial charge in [-0.25, -0.2) is 4.79 Å². The molecule has 0 spiro atoms. The molecule has 0 saturated carbocycles. The van der Waals surface area contributed by atoms with E-state index in [9.17, 15) is 9.59 Å². The number of rotatable bonds is 6. The summed E-state index contributed by atoms with van der Waals surface area (Å²) < 4.78 is 0. The van der Waals surface area contributed by atoms with Crippen molar-refractivity contribution >= 4 is 34.9 Å². The smallest absolute Gasteiger partial charge is 0.335 e. The molecule has 0 aliphatic carbocycles. The van der Waals surface area contributed by atoms with Gasteiger partial charge in [0.2, 0.25) is 5.91 Å². The molecular weight excluding hydrogens is 276 g/mol. The number of carbonyl (C=O) groups excluding carboxylic acids is 1. The fourth-order valence-electron chi connectivity index (χ4n) is 1.58. The maximum absolute atomic E-state index is 11.5. The number of carboxylic acid groups (broad SMARTS) is 1. The first-order valence-corrected chi connectivity index (χ1v) is 6.88. The number of aromatic carboxylic acids is 1. The second-order valence-electron chi connectivity index (χ2n) is 4.34. The van der Waals surface area contributed by atoms with Crippen LogP contribution in [0.3, 0.4) is 0 Å². The zero-order chi connectivity index (χ0) is 15.0. The maximum atomic E-state index is 11.5. The van der Waals surface area contributed by atoms with Gasteiger partial charge < -0.3 is 15.7 Å². The van der Waals surface area contributed by atoms with Crippen molar-refractivity contribution in [2.45, 2.75) is 32.6 Å². The normalized spacial score (nSPS) is 9.85. The summed E-state index contributed by atoms with van der Waals surface area (Å²) >= 11 is 5.02. The molecule has 0 aliphatic heterocycles. The van der Waals surface area contributed by atoms with Crippen molar-refractivity contribution in [1.82, 2.24) is 5.32 Å². The van der Waals surface area contributed by atoms with Crippen LogP contribution < -0.4 is 10.6 Å². The van der Waals surface area contributed by atoms with E-state index in [1.54, 1.807) is 12.1 Å². The average molecular weight is 294 g/mol. The van der Waals surface area contributed by atoms with Crippen molar-refractivity contribution in [1.29, 1.82) is 0 Å². The third-order valence-corrected chi connectivity index (χ3v) is 2.85. The fourth-order valence-corrected chi connectivity index (χ4v) is 1.81. The number of unbranched alkanes of at least 4 members (excludes halogenated alkanes) is 2. The number of nitrogens with one attached hydrogen (secondary N) is 2. The Kier molecular flexibility index (Phi) is 6.66. The molecule has 108 valence electrons. The van der Waals surface area contributed by atoms with E-state index in [0.29, 0.717) is 12.1 Å². The van der Waals surface area contributed by atoms with Gasteiger partial charge in [0.05, 0.1) is 5.56 Å². The highest BCUT2D eigenvalue weighted by atomic mass is 32.1. The molecule has 5 nitrogen and oxygen atoms in total. The van der Waals surface area contributed by atoms with Crippen LogP contribution in [0.1, 0.15) is 43.0 Å². The Bertz CT molecular complexity index is 486. The summed E-state index contributed by atoms with van der Waals surface area (Å²) in [4.78, 5) is 22.2. The summed E-state index contributed by atoms with van der Waals surface area (Å²) in [6, 6.07) is 6.13. The van der Waals surface area contributed by atoms with E-state index in [2.05, 4.69) is 17.6 Å². The highest BCUT2D eigenvalue weighted by Gasteiger charge is 2.05. The van der Waals surface area contributed by atoms with Gasteiger partial charge in [-0.15, -0.1) is 0 Å². The fraction of sp³-hybridized carbons (Fsp3) is 0.357. The minimum atomic E-state index is -0.983. The molecule has 1 aromatic rings. The van der Waals surface area contributed by atoms with Crippen molar-refractivity contribution in [3.63, 3.8) is 0 Å². The van der Waals surface area contributed by atoms with Crippen LogP contribution in [0.15, 0.2) is 24.3 Å². The number of hydrogen-bond donors (Lipinski definition) is 3. The van der Waals surface area contributed by atoms with Crippen LogP contribution in [-0.4, -0.2) is 22.1 Å². The molecule has 3 N–H and O–H groups in total. The van der Waals surface area contributed by atoms with Gasteiger partial charge in [0, 0.05) is 12.1 Å². The zero-order valence-electron chi connectivity index (χ0n) is 11.3. The second-order valence-corrected chi connectivity index (χ2v) is 4.75. The van der Waals surface area contributed by atoms with Crippen molar-refractivity contribution < 1.29 is 14.7 Å². The number of amides is 1. The van der Waals surface area contributed by atoms with E-state index in [0.717, 1.165) is 19.3 Å². The van der Waals surface area contributed by atoms with E-state index >= 15 is 0 Å². The Balaban J connectivity index is 2.42. The molecule has 0 aliphatic rings. The minimum absolute atomic E-state index is 0.113. The first-order chi connectivity index (χ1) is 9.52. The molecule has 0 radical (unpaired) electrons. The summed E-state index contributed by atoms with van der Waals surface area (Å²) in [5, 5.41) is 14.4. The maximum Gasteiger partial charge on any atom is 0.335 e. The number of thiocarbonyl (C=S) groups is 1. The highest BCUT2D eigenvalue weighted by molar-refractivity contribution is 7.80. The third kappa shape index (κ3) is 5.79. The molecule has 0 aromatic heterocycles. The van der Waals surface area contributed by atoms with Crippen LogP contribution in [0, 0.1) is 0 Å². The predicted molar refractivity (Wildman–Crippen MR) is 81.9 cm³/mol. The van der Waals surface area contributed by atoms with Gasteiger partial charge in [0.1, 0.15) is 0 Å². The Hall–Kier alpha value is -1.95. The quantitative estimate of drug-likeness (QED) is 0.555. The monoisotopic (exact) mass is 294 g/mol. The van der Waals surface area contributed by atoms with E-state index in [-0.39, 0.29) is 16.6 Å². The summed E-state index contributed by atoms with van der Waals surface area (Å²) in [6.45, 7) is 2.07. The molecular formula is C14H18N2O3S. The number of hydrogen-bond acceptors (Lipinski definition) is 3. The summed E-state index contributed by atoms with van der Waals surface area (Å²) in [6.07, 6.45) is 3.38. The van der Waals surface area contributed by atoms with Crippen LogP contribution in [0.25, 0.3) is 0 Å². The Morgan fingerprint density at radius 2 is 1.85 bits per heavy atom. The average Bonchev–Trinajstić information content (AvgIpc) is 2.39. The molecule has 0 atom stereocenters. The molecule has 6 heteroatoms. The third-order valence-electron chi connectivity index (χ3n) is 2.65. The molecule has 1 amide bonds. The first kappa shape index (κ1) is 16.1. The summed E-state index contributed by atoms with van der Waals surface area (Å²) in [5.41, 5.74) is 0.832. The minimum Gasteiger partial charge on any atom is -0.478 e. The molecule has 1 aromatic carbocycles. The zero-order valence-corrected chi connectivity index (χ0v) is 12.1. The van der Waals surface area contributed by atoms with Crippen molar-refractivity contribution in [3.8, 4) is 0 Å². The molecule has 0 fully saturated rings. The lowest BCUT2D eigenvalue weighted by Gasteiger charge is -2.09. The van der Waals surface area contributed by atoms with Gasteiger partial charge in [0.15, 0.2) is 5.11 Å². The van der Waals surface area contributed by atoms with Crippen molar-refractivity contribution in [2.75, 3.05) is 5.32 Å². The van der Waals surface area contributed by atoms with Gasteiger partial charge in [-0.1, -0.05) is 19.8 Å². The SMILES string of the molecule is CCCCCC(=O)NC(=S)Nc1ccc(C(=O)O)cc1. The molecule has 1 rings (SSSR count). The molecule has 0 heterocycles. The largest absolute Gasteiger partial charge is 0.478 e. The second kappa shape index (κ2) is 8.27. The number of carboxylic acids is 1. The highest BCUT2D eigenvalue weighted by Crippen LogP contribution is 2.09. The van der Waals surface area contributed by atoms with Crippen LogP contribution in [0.4, 0.5) is 5.69 Å². The molecule has 0 saturated heterocycles. The lowest BCUT2D eigenvalue weighted by molar-refractivity contribution is -0.119. The Morgan fingerprint density at radius 1 is 1.20 bits per heavy atom. The van der Waals surface area contributed by atoms with Crippen molar-refractivity contribution in [2.24, 2.45) is 0 Å². The van der Waals surface area contributed by atoms with Crippen LogP contribution >= 0.6 is 12.2 Å². The van der Waals surface area contributed by atoms with Gasteiger partial charge in [-0.2, -0.15) is 0 Å². The summed E-state index contributed by atoms with van der Waals surface area (Å²) in [7, 11) is 0. The number of carbonyl (C=O) groups is 2. The first-order valence-electron chi connectivity index (χ1n) is 6.47. The van der Waals surface area contributed by atoms with E-state index in [1.807, 2.05) is 0 Å². The van der Waals surface area contributed by atoms with E-state index in [4.69, 9.17) is 17.3 Å². The lowest BCUT2D eigenvalue weighted by Crippen LogP contribution is -2.33. The molecule has 0 bridgehead atoms. The van der Waals surface area contributed by atoms with Crippen LogP contribution in [-0.2, 0) is 4.79 Å². The van der Waals surface area contributed by atoms with Gasteiger partial charge in [-0.3, -0.25) is 4.79 Å². The Morgan fingerprint density at radius 3 is 2.40 bits per heavy atom.